The van der Waals surface area contributed by atoms with E-state index < -0.39 is 108 Å². The zero-order valence-corrected chi connectivity index (χ0v) is 61.5. The van der Waals surface area contributed by atoms with E-state index in [9.17, 15) is 88.2 Å². The highest BCUT2D eigenvalue weighted by atomic mass is 16.5. The van der Waals surface area contributed by atoms with E-state index in [0.29, 0.717) is 82.3 Å². The molecule has 10 fully saturated rings. The van der Waals surface area contributed by atoms with E-state index >= 15 is 0 Å². The van der Waals surface area contributed by atoms with E-state index in [0.717, 1.165) is 141 Å². The molecule has 4 amide bonds. The number of hydrogen-bond acceptors (Lipinski definition) is 18. The molecule has 4 saturated heterocycles. The van der Waals surface area contributed by atoms with Crippen LogP contribution in [0.4, 0.5) is 0 Å². The molecule has 0 aromatic heterocycles. The van der Waals surface area contributed by atoms with Crippen molar-refractivity contribution in [2.75, 3.05) is 13.2 Å². The Bertz CT molecular complexity index is 2900. The number of ether oxygens (including phenoxy) is 2. The number of carbonyl (C=O) groups excluding carboxylic acids is 6. The molecule has 4 aliphatic heterocycles. The summed E-state index contributed by atoms with van der Waals surface area (Å²) in [6, 6.07) is -8.23. The predicted octanol–water partition coefficient (Wildman–Crippen LogP) is 6.81. The molecular weight excluding hydrogens is 1320 g/mol. The van der Waals surface area contributed by atoms with E-state index in [1.165, 1.54) is 9.80 Å². The lowest BCUT2D eigenvalue weighted by Crippen LogP contribution is -2.55. The van der Waals surface area contributed by atoms with Crippen molar-refractivity contribution in [2.24, 2.45) is 35.5 Å². The number of nitrogens with one attached hydrogen (secondary N) is 4. The number of amides is 4. The molecule has 0 aromatic carbocycles. The third-order valence-corrected chi connectivity index (χ3v) is 23.3. The fraction of sp³-hybridized carbons (Fsp3) is 0.838. The highest BCUT2D eigenvalue weighted by Gasteiger charge is 2.54. The molecule has 0 aromatic rings. The van der Waals surface area contributed by atoms with Crippen molar-refractivity contribution < 1.29 is 97.6 Å². The number of fused-ring (bicyclic) bond motifs is 4. The average molecular weight is 1440 g/mol. The molecule has 0 unspecified atom stereocenters. The molecule has 576 valence electrons. The molecule has 6 aliphatic carbocycles. The van der Waals surface area contributed by atoms with Gasteiger partial charge in [-0.3, -0.25) is 59.6 Å². The van der Waals surface area contributed by atoms with Crippen LogP contribution in [0.2, 0.25) is 0 Å². The molecule has 10 N–H and O–H groups in total. The number of hydrogen-bond donors (Lipinski definition) is 10. The van der Waals surface area contributed by atoms with Gasteiger partial charge >= 0.3 is 47.8 Å². The number of rotatable bonds is 34. The van der Waals surface area contributed by atoms with Gasteiger partial charge in [0.2, 0.25) is 23.6 Å². The first-order chi connectivity index (χ1) is 48.6. The van der Waals surface area contributed by atoms with Gasteiger partial charge in [0.15, 0.2) is 0 Å². The van der Waals surface area contributed by atoms with Crippen molar-refractivity contribution in [1.82, 2.24) is 40.9 Å². The quantitative estimate of drug-likeness (QED) is 0.0234. The summed E-state index contributed by atoms with van der Waals surface area (Å²) in [7, 11) is 0. The average Bonchev–Trinajstić information content (AvgIpc) is 1.65. The maximum atomic E-state index is 13.1. The molecule has 20 atom stereocenters. The van der Waals surface area contributed by atoms with E-state index in [1.54, 1.807) is 51.3 Å². The number of unbranched alkanes of at least 4 members (excludes halogenated alkanes) is 4. The molecule has 4 heterocycles. The Balaban J connectivity index is 0.000000191. The number of likely N-dealkylation sites (tertiary alicyclic amines) is 4. The minimum absolute atomic E-state index is 0.00504. The summed E-state index contributed by atoms with van der Waals surface area (Å²) in [5.74, 6) is -5.33. The number of aliphatic carboxylic acids is 6. The first-order valence-electron chi connectivity index (χ1n) is 38.6. The Kier molecular flexibility index (Phi) is 31.7. The molecule has 6 saturated carbocycles. The topological polar surface area (TPSA) is 406 Å². The minimum atomic E-state index is -0.967. The minimum Gasteiger partial charge on any atom is -0.480 e. The molecular formula is C74H120N8O20. The number of carbonyl (C=O) groups is 12. The second-order valence-electron chi connectivity index (χ2n) is 30.7. The molecule has 102 heavy (non-hydrogen) atoms. The molecule has 10 rings (SSSR count). The third kappa shape index (κ3) is 21.8. The van der Waals surface area contributed by atoms with Gasteiger partial charge < -0.3 is 59.7 Å². The van der Waals surface area contributed by atoms with Gasteiger partial charge in [-0.25, -0.2) is 19.2 Å². The highest BCUT2D eigenvalue weighted by Crippen LogP contribution is 2.46. The summed E-state index contributed by atoms with van der Waals surface area (Å²) in [6.07, 6.45) is 25.8. The van der Waals surface area contributed by atoms with Crippen LogP contribution in [0.5, 0.6) is 0 Å². The summed E-state index contributed by atoms with van der Waals surface area (Å²) < 4.78 is 10.3. The van der Waals surface area contributed by atoms with E-state index in [-0.39, 0.29) is 77.5 Å². The Morgan fingerprint density at radius 2 is 0.618 bits per heavy atom. The molecule has 10 aliphatic rings. The Morgan fingerprint density at radius 3 is 0.892 bits per heavy atom. The molecule has 28 heteroatoms. The van der Waals surface area contributed by atoms with Crippen LogP contribution in [0.3, 0.4) is 0 Å². The van der Waals surface area contributed by atoms with E-state index in [1.807, 2.05) is 6.92 Å². The number of carboxylic acid groups (broad SMARTS) is 6. The Hall–Kier alpha value is -6.52. The van der Waals surface area contributed by atoms with Crippen LogP contribution in [0.15, 0.2) is 0 Å². The standard InChI is InChI=1S/C20H34N2O5.C19H30N2O5.C18H30N2O5.C17H26N2O5/c1-4-6-7-10-15(20(26)27-5-2)21-13(3)18(23)22-16-11-8-9-14(16)12-17(22)19(24)25;1-3-26-19(25)14(9-12-7-8-12)20-11(2)17(22)21-15-6-4-5-13(15)10-16(21)18(23)24;1-3-4-5-8-13(17(22)23)19-11(2)16(21)20-14-9-6-7-12(14)10-15(20)18(24)25;1-9(18-12(16(21)22)7-10-5-6-10)15(20)19-13-4-2-3-11(13)8-14(19)17(23)24/h13-17,21H,4-12H2,1-3H3,(H,24,25);11-16,20H,3-10H2,1-2H3,(H,23,24);11-15,19H,3-10H2,1-2H3,(H,22,23)(H,24,25);9-14,18H,2-8H2,1H3,(H,21,22)(H,23,24)/t13-,14-,15-,16-,17-;11-,13-,14-,15-,16-;11-,12-,13-,14-,15-;9-,11-,12-,13-,14-/m0000/s1. The summed E-state index contributed by atoms with van der Waals surface area (Å²) in [5, 5.41) is 68.9. The largest absolute Gasteiger partial charge is 0.480 e. The van der Waals surface area contributed by atoms with Gasteiger partial charge in [-0.1, -0.05) is 104 Å². The van der Waals surface area contributed by atoms with Crippen LogP contribution in [0, 0.1) is 35.5 Å². The zero-order chi connectivity index (χ0) is 74.8. The lowest BCUT2D eigenvalue weighted by molar-refractivity contribution is -0.151. The van der Waals surface area contributed by atoms with Crippen molar-refractivity contribution in [2.45, 2.75) is 345 Å². The van der Waals surface area contributed by atoms with Gasteiger partial charge in [0.25, 0.3) is 0 Å². The number of esters is 2. The van der Waals surface area contributed by atoms with Gasteiger partial charge in [-0.15, -0.1) is 0 Å². The van der Waals surface area contributed by atoms with Gasteiger partial charge in [-0.2, -0.15) is 0 Å². The zero-order valence-electron chi connectivity index (χ0n) is 61.5. The summed E-state index contributed by atoms with van der Waals surface area (Å²) >= 11 is 0. The van der Waals surface area contributed by atoms with Crippen LogP contribution in [-0.2, 0) is 67.0 Å². The lowest BCUT2D eigenvalue weighted by Gasteiger charge is -2.31. The second-order valence-corrected chi connectivity index (χ2v) is 30.7. The van der Waals surface area contributed by atoms with Crippen LogP contribution in [-0.4, -0.2) is 232 Å². The van der Waals surface area contributed by atoms with E-state index in [2.05, 4.69) is 28.2 Å². The summed E-state index contributed by atoms with van der Waals surface area (Å²) in [5.41, 5.74) is 0. The SMILES string of the molecule is CCCCC[C@H](N[C@@H](C)C(=O)N1[C@H](C(=O)O)C[C@@H]2CCC[C@@H]21)C(=O)O.CCCCC[C@H](N[C@@H](C)C(=O)N1[C@H](C(=O)O)C[C@@H]2CCC[C@@H]21)C(=O)OCC.CCOC(=O)[C@H](CC1CC1)N[C@@H](C)C(=O)N1[C@H](C(=O)O)C[C@@H]2CCC[C@@H]21.C[C@H](N[C@@H](CC1CC1)C(=O)O)C(=O)N1[C@H](C(=O)O)C[C@@H]2CCC[C@@H]21. The fourth-order valence-corrected chi connectivity index (χ4v) is 17.8. The number of carboxylic acids is 6. The van der Waals surface area contributed by atoms with Crippen molar-refractivity contribution >= 4 is 71.4 Å². The maximum absolute atomic E-state index is 13.1. The van der Waals surface area contributed by atoms with Gasteiger partial charge in [-0.05, 0) is 180 Å². The Morgan fingerprint density at radius 1 is 0.353 bits per heavy atom. The third-order valence-electron chi connectivity index (χ3n) is 23.3. The summed E-state index contributed by atoms with van der Waals surface area (Å²) in [4.78, 5) is 152. The van der Waals surface area contributed by atoms with Crippen molar-refractivity contribution in [3.05, 3.63) is 0 Å². The van der Waals surface area contributed by atoms with Gasteiger partial charge in [0.1, 0.15) is 48.3 Å². The lowest BCUT2D eigenvalue weighted by atomic mass is 10.0. The predicted molar refractivity (Wildman–Crippen MR) is 373 cm³/mol. The van der Waals surface area contributed by atoms with Gasteiger partial charge in [0.05, 0.1) is 37.4 Å². The maximum Gasteiger partial charge on any atom is 0.326 e. The molecule has 0 bridgehead atoms. The van der Waals surface area contributed by atoms with Gasteiger partial charge in [0, 0.05) is 24.2 Å². The molecule has 0 spiro atoms. The van der Waals surface area contributed by atoms with Crippen molar-refractivity contribution in [3.8, 4) is 0 Å². The van der Waals surface area contributed by atoms with Crippen molar-refractivity contribution in [1.29, 1.82) is 0 Å². The summed E-state index contributed by atoms with van der Waals surface area (Å²) in [6.45, 7) is 15.0. The van der Waals surface area contributed by atoms with Crippen LogP contribution >= 0.6 is 0 Å². The van der Waals surface area contributed by atoms with E-state index in [4.69, 9.17) is 9.47 Å². The fourth-order valence-electron chi connectivity index (χ4n) is 17.8. The molecule has 0 radical (unpaired) electrons. The molecule has 28 nitrogen and oxygen atoms in total. The normalized spacial score (nSPS) is 28.9. The highest BCUT2D eigenvalue weighted by molar-refractivity contribution is 5.91. The smallest absolute Gasteiger partial charge is 0.326 e. The van der Waals surface area contributed by atoms with Crippen LogP contribution in [0.25, 0.3) is 0 Å². The van der Waals surface area contributed by atoms with Crippen LogP contribution < -0.4 is 21.3 Å². The van der Waals surface area contributed by atoms with Crippen LogP contribution in [0.1, 0.15) is 248 Å². The monoisotopic (exact) mass is 1440 g/mol. The second kappa shape index (κ2) is 39.0. The first kappa shape index (κ1) is 82.8. The number of nitrogens with zero attached hydrogens (tertiary/aromatic N) is 4. The first-order valence-corrected chi connectivity index (χ1v) is 38.6. The Labute approximate surface area is 601 Å². The van der Waals surface area contributed by atoms with Crippen molar-refractivity contribution in [3.63, 3.8) is 0 Å².